The summed E-state index contributed by atoms with van der Waals surface area (Å²) < 4.78 is 27.9. The van der Waals surface area contributed by atoms with Gasteiger partial charge in [-0.3, -0.25) is 4.79 Å². The fourth-order valence-electron chi connectivity index (χ4n) is 3.77. The molecule has 0 aromatic heterocycles. The Kier molecular flexibility index (Phi) is 9.41. The number of benzene rings is 2. The molecule has 0 radical (unpaired) electrons. The lowest BCUT2D eigenvalue weighted by atomic mass is 10.1. The molecule has 1 unspecified atom stereocenters. The van der Waals surface area contributed by atoms with Crippen LogP contribution in [0.4, 0.5) is 0 Å². The summed E-state index contributed by atoms with van der Waals surface area (Å²) in [6.45, 7) is 5.66. The second-order valence-electron chi connectivity index (χ2n) is 8.07. The maximum absolute atomic E-state index is 12.7. The Bertz CT molecular complexity index is 1010. The van der Waals surface area contributed by atoms with E-state index in [9.17, 15) is 23.1 Å². The number of carbonyl (C=O) groups is 2. The Hall–Kier alpha value is -2.71. The molecular weight excluding hydrogens is 428 g/mol. The van der Waals surface area contributed by atoms with Gasteiger partial charge in [-0.2, -0.15) is 0 Å². The van der Waals surface area contributed by atoms with Crippen molar-refractivity contribution in [2.75, 3.05) is 6.54 Å². The van der Waals surface area contributed by atoms with Crippen LogP contribution >= 0.6 is 0 Å². The molecule has 32 heavy (non-hydrogen) atoms. The molecule has 2 aromatic rings. The molecule has 174 valence electrons. The summed E-state index contributed by atoms with van der Waals surface area (Å²) >= 11 is 0. The van der Waals surface area contributed by atoms with Crippen LogP contribution in [0.3, 0.4) is 0 Å². The van der Waals surface area contributed by atoms with E-state index in [4.69, 9.17) is 0 Å². The molecule has 0 bridgehead atoms. The van der Waals surface area contributed by atoms with Crippen LogP contribution in [0.1, 0.15) is 47.9 Å². The fourth-order valence-corrected chi connectivity index (χ4v) is 5.29. The molecular formula is C24H32N2O5S. The van der Waals surface area contributed by atoms with Crippen molar-refractivity contribution in [1.82, 2.24) is 10.0 Å². The van der Waals surface area contributed by atoms with Crippen LogP contribution in [0.5, 0.6) is 0 Å². The molecule has 3 N–H and O–H groups in total. The smallest absolute Gasteiger partial charge is 0.326 e. The van der Waals surface area contributed by atoms with E-state index >= 15 is 0 Å². The number of carboxylic acid groups (broad SMARTS) is 1. The van der Waals surface area contributed by atoms with E-state index in [0.29, 0.717) is 30.4 Å². The molecule has 0 aliphatic heterocycles. The number of hydrogen-bond acceptors (Lipinski definition) is 4. The minimum atomic E-state index is -3.64. The molecule has 7 nitrogen and oxygen atoms in total. The van der Waals surface area contributed by atoms with E-state index in [2.05, 4.69) is 10.0 Å². The molecule has 2 aromatic carbocycles. The predicted octanol–water partition coefficient (Wildman–Crippen LogP) is 3.26. The third-order valence-electron chi connectivity index (χ3n) is 5.20. The summed E-state index contributed by atoms with van der Waals surface area (Å²) in [4.78, 5) is 23.9. The van der Waals surface area contributed by atoms with E-state index in [1.54, 1.807) is 13.8 Å². The maximum atomic E-state index is 12.7. The average molecular weight is 461 g/mol. The van der Waals surface area contributed by atoms with Gasteiger partial charge in [-0.25, -0.2) is 17.9 Å². The molecule has 1 atom stereocenters. The number of nitrogens with one attached hydrogen (secondary N) is 2. The van der Waals surface area contributed by atoms with Gasteiger partial charge in [0.25, 0.3) is 0 Å². The summed E-state index contributed by atoms with van der Waals surface area (Å²) in [5, 5.41) is 12.0. The molecule has 2 rings (SSSR count). The van der Waals surface area contributed by atoms with E-state index in [-0.39, 0.29) is 30.2 Å². The molecule has 0 aliphatic carbocycles. The van der Waals surface area contributed by atoms with E-state index in [1.165, 1.54) is 0 Å². The SMILES string of the molecule is Cc1cc(C)c(S(=O)(=O)NCCCCC(NC(=O)CCc2ccccc2)C(=O)O)c(C)c1. The fraction of sp³-hybridized carbons (Fsp3) is 0.417. The number of unbranched alkanes of at least 4 members (excludes halogenated alkanes) is 1. The zero-order chi connectivity index (χ0) is 23.7. The summed E-state index contributed by atoms with van der Waals surface area (Å²) in [5.41, 5.74) is 3.41. The normalized spacial score (nSPS) is 12.3. The number of rotatable bonds is 12. The number of carboxylic acids is 1. The molecule has 8 heteroatoms. The standard InChI is InChI=1S/C24H32N2O5S/c1-17-15-18(2)23(19(3)16-17)32(30,31)25-14-8-7-11-21(24(28)29)26-22(27)13-12-20-9-5-4-6-10-20/h4-6,9-10,15-16,21,25H,7-8,11-14H2,1-3H3,(H,26,27)(H,28,29). The van der Waals surface area contributed by atoms with Gasteiger partial charge in [0, 0.05) is 13.0 Å². The van der Waals surface area contributed by atoms with Gasteiger partial charge in [-0.05, 0) is 63.1 Å². The highest BCUT2D eigenvalue weighted by atomic mass is 32.2. The van der Waals surface area contributed by atoms with Crippen LogP contribution in [0.25, 0.3) is 0 Å². The quantitative estimate of drug-likeness (QED) is 0.421. The van der Waals surface area contributed by atoms with Crippen LogP contribution in [0.2, 0.25) is 0 Å². The van der Waals surface area contributed by atoms with Crippen molar-refractivity contribution in [2.24, 2.45) is 0 Å². The molecule has 0 spiro atoms. The summed E-state index contributed by atoms with van der Waals surface area (Å²) in [6.07, 6.45) is 1.91. The summed E-state index contributed by atoms with van der Waals surface area (Å²) in [6, 6.07) is 12.2. The largest absolute Gasteiger partial charge is 0.480 e. The van der Waals surface area contributed by atoms with Crippen molar-refractivity contribution in [3.8, 4) is 0 Å². The van der Waals surface area contributed by atoms with Gasteiger partial charge < -0.3 is 10.4 Å². The first-order chi connectivity index (χ1) is 15.1. The summed E-state index contributed by atoms with van der Waals surface area (Å²) in [5.74, 6) is -1.41. The van der Waals surface area contributed by atoms with E-state index in [0.717, 1.165) is 11.1 Å². The van der Waals surface area contributed by atoms with Crippen molar-refractivity contribution in [1.29, 1.82) is 0 Å². The van der Waals surface area contributed by atoms with Crippen molar-refractivity contribution in [2.45, 2.75) is 63.8 Å². The van der Waals surface area contributed by atoms with Crippen LogP contribution < -0.4 is 10.0 Å². The first kappa shape index (κ1) is 25.5. The number of hydrogen-bond donors (Lipinski definition) is 3. The second-order valence-corrected chi connectivity index (χ2v) is 9.77. The van der Waals surface area contributed by atoms with Gasteiger partial charge in [0.15, 0.2) is 0 Å². The average Bonchev–Trinajstić information content (AvgIpc) is 2.70. The molecule has 1 amide bonds. The third-order valence-corrected chi connectivity index (χ3v) is 6.97. The van der Waals surface area contributed by atoms with Gasteiger partial charge >= 0.3 is 5.97 Å². The number of aliphatic carboxylic acids is 1. The number of sulfonamides is 1. The lowest BCUT2D eigenvalue weighted by Crippen LogP contribution is -2.41. The Labute approximate surface area is 190 Å². The lowest BCUT2D eigenvalue weighted by molar-refractivity contribution is -0.142. The van der Waals surface area contributed by atoms with Crippen LogP contribution in [0, 0.1) is 20.8 Å². The molecule has 0 fully saturated rings. The van der Waals surface area contributed by atoms with Crippen molar-refractivity contribution < 1.29 is 23.1 Å². The number of aryl methyl sites for hydroxylation is 4. The van der Waals surface area contributed by atoms with Crippen molar-refractivity contribution in [3.05, 3.63) is 64.7 Å². The zero-order valence-electron chi connectivity index (χ0n) is 18.8. The Morgan fingerprint density at radius 3 is 2.22 bits per heavy atom. The second kappa shape index (κ2) is 11.8. The van der Waals surface area contributed by atoms with Crippen LogP contribution in [0.15, 0.2) is 47.4 Å². The topological polar surface area (TPSA) is 113 Å². The molecule has 0 aliphatic rings. The maximum Gasteiger partial charge on any atom is 0.326 e. The molecule has 0 heterocycles. The zero-order valence-corrected chi connectivity index (χ0v) is 19.7. The first-order valence-electron chi connectivity index (χ1n) is 10.7. The van der Waals surface area contributed by atoms with Crippen molar-refractivity contribution in [3.63, 3.8) is 0 Å². The van der Waals surface area contributed by atoms with Gasteiger partial charge in [0.1, 0.15) is 6.04 Å². The van der Waals surface area contributed by atoms with E-state index in [1.807, 2.05) is 49.4 Å². The highest BCUT2D eigenvalue weighted by molar-refractivity contribution is 7.89. The van der Waals surface area contributed by atoms with Gasteiger partial charge in [-0.1, -0.05) is 48.0 Å². The molecule has 0 saturated carbocycles. The Balaban J connectivity index is 1.79. The van der Waals surface area contributed by atoms with Crippen molar-refractivity contribution >= 4 is 21.9 Å². The number of carbonyl (C=O) groups excluding carboxylic acids is 1. The van der Waals surface area contributed by atoms with Crippen LogP contribution in [-0.4, -0.2) is 38.0 Å². The predicted molar refractivity (Wildman–Crippen MR) is 124 cm³/mol. The van der Waals surface area contributed by atoms with Gasteiger partial charge in [-0.15, -0.1) is 0 Å². The Morgan fingerprint density at radius 1 is 1.00 bits per heavy atom. The third kappa shape index (κ3) is 7.76. The summed E-state index contributed by atoms with van der Waals surface area (Å²) in [7, 11) is -3.64. The highest BCUT2D eigenvalue weighted by Crippen LogP contribution is 2.21. The van der Waals surface area contributed by atoms with Gasteiger partial charge in [0.05, 0.1) is 4.90 Å². The lowest BCUT2D eigenvalue weighted by Gasteiger charge is -2.15. The first-order valence-corrected chi connectivity index (χ1v) is 12.2. The minimum absolute atomic E-state index is 0.198. The molecule has 0 saturated heterocycles. The van der Waals surface area contributed by atoms with Gasteiger partial charge in [0.2, 0.25) is 15.9 Å². The monoisotopic (exact) mass is 460 g/mol. The minimum Gasteiger partial charge on any atom is -0.480 e. The highest BCUT2D eigenvalue weighted by Gasteiger charge is 2.21. The number of amides is 1. The van der Waals surface area contributed by atoms with Crippen LogP contribution in [-0.2, 0) is 26.0 Å². The Morgan fingerprint density at radius 2 is 1.62 bits per heavy atom. The van der Waals surface area contributed by atoms with E-state index < -0.39 is 22.0 Å².